The number of Topliss-reactive ketones (excluding diaryl/α,β-unsaturated/α-hetero) is 1. The lowest BCUT2D eigenvalue weighted by Crippen LogP contribution is -2.32. The minimum Gasteiger partial charge on any atom is -0.508 e. The number of phenolic OH excluding ortho intramolecular Hbond substituents is 1. The summed E-state index contributed by atoms with van der Waals surface area (Å²) in [5.74, 6) is 1.80. The Hall–Kier alpha value is -2.08. The zero-order valence-corrected chi connectivity index (χ0v) is 18.7. The fourth-order valence-electron chi connectivity index (χ4n) is 5.28. The molecule has 2 fully saturated rings. The molecule has 0 bridgehead atoms. The first-order valence-corrected chi connectivity index (χ1v) is 11.6. The Labute approximate surface area is 192 Å². The van der Waals surface area contributed by atoms with Gasteiger partial charge in [0, 0.05) is 24.5 Å². The van der Waals surface area contributed by atoms with Gasteiger partial charge in [0.25, 0.3) is 0 Å². The van der Waals surface area contributed by atoms with E-state index in [1.807, 2.05) is 23.2 Å². The monoisotopic (exact) mass is 457 g/mol. The van der Waals surface area contributed by atoms with Gasteiger partial charge in [-0.2, -0.15) is 5.10 Å². The van der Waals surface area contributed by atoms with Gasteiger partial charge in [-0.25, -0.2) is 0 Å². The van der Waals surface area contributed by atoms with Gasteiger partial charge in [-0.3, -0.25) is 14.7 Å². The van der Waals surface area contributed by atoms with Crippen molar-refractivity contribution in [3.8, 4) is 5.75 Å². The molecule has 2 aromatic carbocycles. The minimum absolute atomic E-state index is 0.0799. The standard InChI is InChI=1S/C24H25Cl2N3O2/c25-18-6-9-22(20(26)10-18)29-23(15-4-7-19(30)8-5-15)11-21(27-29)24(31)14-28-12-16-2-1-3-17(16)13-28/h4-10,16-17,23,30H,1-3,11-14H2. The molecule has 1 aliphatic carbocycles. The van der Waals surface area contributed by atoms with Crippen molar-refractivity contribution < 1.29 is 9.90 Å². The van der Waals surface area contributed by atoms with E-state index in [-0.39, 0.29) is 17.6 Å². The summed E-state index contributed by atoms with van der Waals surface area (Å²) in [7, 11) is 0. The predicted molar refractivity (Wildman–Crippen MR) is 124 cm³/mol. The smallest absolute Gasteiger partial charge is 0.192 e. The number of likely N-dealkylation sites (tertiary alicyclic amines) is 1. The third-order valence-electron chi connectivity index (χ3n) is 6.84. The lowest BCUT2D eigenvalue weighted by Gasteiger charge is -2.25. The number of anilines is 1. The van der Waals surface area contributed by atoms with Crippen LogP contribution in [-0.2, 0) is 4.79 Å². The molecule has 162 valence electrons. The van der Waals surface area contributed by atoms with Crippen LogP contribution in [0.4, 0.5) is 5.69 Å². The van der Waals surface area contributed by atoms with Crippen molar-refractivity contribution in [2.45, 2.75) is 31.7 Å². The van der Waals surface area contributed by atoms with E-state index in [1.165, 1.54) is 19.3 Å². The Morgan fingerprint density at radius 3 is 2.45 bits per heavy atom. The van der Waals surface area contributed by atoms with E-state index in [2.05, 4.69) is 4.90 Å². The summed E-state index contributed by atoms with van der Waals surface area (Å²) in [6.45, 7) is 2.48. The Balaban J connectivity index is 1.39. The quantitative estimate of drug-likeness (QED) is 0.660. The van der Waals surface area contributed by atoms with Crippen LogP contribution in [0.1, 0.15) is 37.3 Å². The predicted octanol–water partition coefficient (Wildman–Crippen LogP) is 5.31. The topological polar surface area (TPSA) is 56.1 Å². The SMILES string of the molecule is O=C(CN1CC2CCCC2C1)C1=NN(c2ccc(Cl)cc2Cl)C(c2ccc(O)cc2)C1. The molecule has 0 spiro atoms. The van der Waals surface area contributed by atoms with Crippen LogP contribution in [0.15, 0.2) is 47.6 Å². The number of carbonyl (C=O) groups is 1. The summed E-state index contributed by atoms with van der Waals surface area (Å²) in [6.07, 6.45) is 4.42. The fourth-order valence-corrected chi connectivity index (χ4v) is 5.77. The fraction of sp³-hybridized carbons (Fsp3) is 0.417. The van der Waals surface area contributed by atoms with Gasteiger partial charge in [0.15, 0.2) is 5.78 Å². The molecule has 3 aliphatic rings. The van der Waals surface area contributed by atoms with Crippen molar-refractivity contribution >= 4 is 40.4 Å². The highest BCUT2D eigenvalue weighted by atomic mass is 35.5. The molecule has 0 amide bonds. The average Bonchev–Trinajstić information content (AvgIpc) is 3.43. The van der Waals surface area contributed by atoms with Crippen LogP contribution in [0.5, 0.6) is 5.75 Å². The maximum atomic E-state index is 13.2. The summed E-state index contributed by atoms with van der Waals surface area (Å²) in [5, 5.41) is 17.3. The van der Waals surface area contributed by atoms with Gasteiger partial charge in [0.2, 0.25) is 0 Å². The van der Waals surface area contributed by atoms with Crippen molar-refractivity contribution in [2.75, 3.05) is 24.6 Å². The molecule has 3 atom stereocenters. The first kappa shape index (κ1) is 20.8. The van der Waals surface area contributed by atoms with Crippen LogP contribution in [0, 0.1) is 11.8 Å². The summed E-state index contributed by atoms with van der Waals surface area (Å²) < 4.78 is 0. The number of rotatable bonds is 5. The van der Waals surface area contributed by atoms with Crippen LogP contribution in [0.2, 0.25) is 10.0 Å². The van der Waals surface area contributed by atoms with Crippen LogP contribution < -0.4 is 5.01 Å². The van der Waals surface area contributed by atoms with E-state index in [9.17, 15) is 9.90 Å². The molecule has 0 radical (unpaired) electrons. The first-order valence-electron chi connectivity index (χ1n) is 10.8. The normalized spacial score (nSPS) is 25.7. The zero-order valence-electron chi connectivity index (χ0n) is 17.2. The Morgan fingerprint density at radius 1 is 1.06 bits per heavy atom. The van der Waals surface area contributed by atoms with Gasteiger partial charge in [0.05, 0.1) is 23.3 Å². The molecule has 2 aromatic rings. The molecule has 1 saturated carbocycles. The Bertz CT molecular complexity index is 1010. The van der Waals surface area contributed by atoms with Crippen molar-refractivity contribution in [1.82, 2.24) is 4.90 Å². The first-order chi connectivity index (χ1) is 15.0. The second-order valence-corrected chi connectivity index (χ2v) is 9.71. The van der Waals surface area contributed by atoms with E-state index < -0.39 is 0 Å². The number of halogens is 2. The van der Waals surface area contributed by atoms with Gasteiger partial charge in [-0.1, -0.05) is 41.8 Å². The average molecular weight is 458 g/mol. The number of hydrogen-bond acceptors (Lipinski definition) is 5. The van der Waals surface area contributed by atoms with Crippen molar-refractivity contribution in [2.24, 2.45) is 16.9 Å². The van der Waals surface area contributed by atoms with Crippen LogP contribution in [0.3, 0.4) is 0 Å². The number of hydrogen-bond donors (Lipinski definition) is 1. The van der Waals surface area contributed by atoms with Crippen LogP contribution in [-0.4, -0.2) is 41.1 Å². The molecule has 0 aromatic heterocycles. The second-order valence-electron chi connectivity index (χ2n) is 8.87. The van der Waals surface area contributed by atoms with Crippen LogP contribution in [0.25, 0.3) is 0 Å². The zero-order chi connectivity index (χ0) is 21.5. The second kappa shape index (κ2) is 8.45. The van der Waals surface area contributed by atoms with E-state index in [1.54, 1.807) is 24.3 Å². The van der Waals surface area contributed by atoms with Crippen molar-refractivity contribution in [1.29, 1.82) is 0 Å². The third kappa shape index (κ3) is 4.19. The molecule has 5 rings (SSSR count). The molecule has 31 heavy (non-hydrogen) atoms. The number of phenols is 1. The maximum Gasteiger partial charge on any atom is 0.192 e. The summed E-state index contributed by atoms with van der Waals surface area (Å²) in [5.41, 5.74) is 2.25. The molecule has 1 saturated heterocycles. The van der Waals surface area contributed by atoms with E-state index in [0.29, 0.717) is 34.4 Å². The highest BCUT2D eigenvalue weighted by molar-refractivity contribution is 6.41. The third-order valence-corrected chi connectivity index (χ3v) is 7.37. The largest absolute Gasteiger partial charge is 0.508 e. The van der Waals surface area contributed by atoms with Crippen LogP contribution >= 0.6 is 23.2 Å². The van der Waals surface area contributed by atoms with Gasteiger partial charge in [-0.15, -0.1) is 0 Å². The molecule has 2 aliphatic heterocycles. The molecule has 7 heteroatoms. The highest BCUT2D eigenvalue weighted by Gasteiger charge is 2.38. The lowest BCUT2D eigenvalue weighted by molar-refractivity contribution is -0.114. The highest BCUT2D eigenvalue weighted by Crippen LogP contribution is 2.41. The van der Waals surface area contributed by atoms with Gasteiger partial charge in [0.1, 0.15) is 11.5 Å². The number of fused-ring (bicyclic) bond motifs is 1. The summed E-state index contributed by atoms with van der Waals surface area (Å²) in [6, 6.07) is 12.1. The number of benzene rings is 2. The molecule has 5 nitrogen and oxygen atoms in total. The van der Waals surface area contributed by atoms with E-state index >= 15 is 0 Å². The van der Waals surface area contributed by atoms with Crippen molar-refractivity contribution in [3.63, 3.8) is 0 Å². The lowest BCUT2D eigenvalue weighted by atomic mass is 9.99. The number of ketones is 1. The molecule has 3 unspecified atom stereocenters. The summed E-state index contributed by atoms with van der Waals surface area (Å²) in [4.78, 5) is 15.5. The van der Waals surface area contributed by atoms with E-state index in [0.717, 1.165) is 30.5 Å². The number of carbonyl (C=O) groups excluding carboxylic acids is 1. The number of aromatic hydroxyl groups is 1. The summed E-state index contributed by atoms with van der Waals surface area (Å²) >= 11 is 12.6. The number of hydrazone groups is 1. The minimum atomic E-state index is -0.170. The Morgan fingerprint density at radius 2 is 1.77 bits per heavy atom. The van der Waals surface area contributed by atoms with Gasteiger partial charge < -0.3 is 5.11 Å². The van der Waals surface area contributed by atoms with E-state index in [4.69, 9.17) is 28.3 Å². The van der Waals surface area contributed by atoms with Gasteiger partial charge >= 0.3 is 0 Å². The molecular weight excluding hydrogens is 433 g/mol. The molecule has 1 N–H and O–H groups in total. The number of nitrogens with zero attached hydrogens (tertiary/aromatic N) is 3. The van der Waals surface area contributed by atoms with Crippen molar-refractivity contribution in [3.05, 3.63) is 58.1 Å². The molecular formula is C24H25Cl2N3O2. The molecule has 2 heterocycles. The maximum absolute atomic E-state index is 13.2. The Kier molecular flexibility index (Phi) is 5.67. The van der Waals surface area contributed by atoms with Gasteiger partial charge in [-0.05, 0) is 60.6 Å².